The van der Waals surface area contributed by atoms with Crippen LogP contribution >= 0.6 is 0 Å². The van der Waals surface area contributed by atoms with Gasteiger partial charge in [-0.2, -0.15) is 0 Å². The minimum absolute atomic E-state index is 0.282. The number of fused-ring (bicyclic) bond motifs is 1. The summed E-state index contributed by atoms with van der Waals surface area (Å²) in [7, 11) is 0. The van der Waals surface area contributed by atoms with Gasteiger partial charge in [0.2, 0.25) is 0 Å². The first-order chi connectivity index (χ1) is 8.81. The highest BCUT2D eigenvalue weighted by Gasteiger charge is 2.51. The standard InChI is InChI=1S/C15H28N2O/c1-2-15(11-16,12-7-8-12)17-9-10-18-14-6-4-3-5-13(14)17/h12-14H,2-11,16H2,1H3. The third-order valence-electron chi connectivity index (χ3n) is 5.61. The van der Waals surface area contributed by atoms with Gasteiger partial charge in [-0.15, -0.1) is 0 Å². The molecule has 1 saturated heterocycles. The molecule has 3 atom stereocenters. The van der Waals surface area contributed by atoms with E-state index in [1.807, 2.05) is 0 Å². The van der Waals surface area contributed by atoms with Crippen LogP contribution in [0.2, 0.25) is 0 Å². The van der Waals surface area contributed by atoms with E-state index >= 15 is 0 Å². The summed E-state index contributed by atoms with van der Waals surface area (Å²) in [6.07, 6.45) is 9.77. The van der Waals surface area contributed by atoms with E-state index in [1.165, 1.54) is 44.9 Å². The van der Waals surface area contributed by atoms with Gasteiger partial charge in [0, 0.05) is 24.7 Å². The Morgan fingerprint density at radius 3 is 2.67 bits per heavy atom. The zero-order valence-electron chi connectivity index (χ0n) is 11.7. The molecule has 3 fully saturated rings. The summed E-state index contributed by atoms with van der Waals surface area (Å²) in [4.78, 5) is 2.78. The molecule has 3 aliphatic rings. The van der Waals surface area contributed by atoms with E-state index in [0.717, 1.165) is 25.6 Å². The van der Waals surface area contributed by atoms with Crippen molar-refractivity contribution in [2.75, 3.05) is 19.7 Å². The number of rotatable bonds is 4. The average Bonchev–Trinajstić information content (AvgIpc) is 3.26. The molecular weight excluding hydrogens is 224 g/mol. The van der Waals surface area contributed by atoms with Gasteiger partial charge in [0.1, 0.15) is 0 Å². The Kier molecular flexibility index (Phi) is 3.65. The van der Waals surface area contributed by atoms with Crippen molar-refractivity contribution in [3.05, 3.63) is 0 Å². The van der Waals surface area contributed by atoms with Gasteiger partial charge in [-0.3, -0.25) is 4.90 Å². The van der Waals surface area contributed by atoms with Crippen molar-refractivity contribution in [1.29, 1.82) is 0 Å². The lowest BCUT2D eigenvalue weighted by Gasteiger charge is -2.53. The van der Waals surface area contributed by atoms with Gasteiger partial charge < -0.3 is 10.5 Å². The largest absolute Gasteiger partial charge is 0.375 e. The molecule has 2 aliphatic carbocycles. The maximum Gasteiger partial charge on any atom is 0.0731 e. The highest BCUT2D eigenvalue weighted by molar-refractivity contribution is 5.06. The zero-order chi connectivity index (χ0) is 12.6. The van der Waals surface area contributed by atoms with Crippen LogP contribution in [0.1, 0.15) is 51.9 Å². The van der Waals surface area contributed by atoms with Crippen molar-refractivity contribution in [1.82, 2.24) is 4.90 Å². The van der Waals surface area contributed by atoms with E-state index in [0.29, 0.717) is 12.1 Å². The molecule has 0 aromatic carbocycles. The van der Waals surface area contributed by atoms with Crippen molar-refractivity contribution in [3.8, 4) is 0 Å². The number of ether oxygens (including phenoxy) is 1. The molecule has 18 heavy (non-hydrogen) atoms. The topological polar surface area (TPSA) is 38.5 Å². The summed E-state index contributed by atoms with van der Waals surface area (Å²) in [6.45, 7) is 5.17. The molecule has 0 aromatic heterocycles. The zero-order valence-corrected chi connectivity index (χ0v) is 11.7. The molecule has 3 heteroatoms. The lowest BCUT2D eigenvalue weighted by Crippen LogP contribution is -2.65. The second-order valence-corrected chi connectivity index (χ2v) is 6.39. The van der Waals surface area contributed by atoms with Crippen LogP contribution in [0, 0.1) is 5.92 Å². The first-order valence-corrected chi connectivity index (χ1v) is 7.90. The molecule has 0 amide bonds. The van der Waals surface area contributed by atoms with Gasteiger partial charge in [-0.25, -0.2) is 0 Å². The van der Waals surface area contributed by atoms with Crippen molar-refractivity contribution < 1.29 is 4.74 Å². The van der Waals surface area contributed by atoms with Crippen LogP contribution in [-0.2, 0) is 4.74 Å². The van der Waals surface area contributed by atoms with Gasteiger partial charge in [-0.1, -0.05) is 19.8 Å². The number of morpholine rings is 1. The first-order valence-electron chi connectivity index (χ1n) is 7.90. The van der Waals surface area contributed by atoms with E-state index in [-0.39, 0.29) is 5.54 Å². The molecule has 3 rings (SSSR count). The van der Waals surface area contributed by atoms with Crippen LogP contribution in [0.25, 0.3) is 0 Å². The molecule has 3 nitrogen and oxygen atoms in total. The fourth-order valence-corrected chi connectivity index (χ4v) is 4.42. The van der Waals surface area contributed by atoms with Crippen molar-refractivity contribution in [3.63, 3.8) is 0 Å². The normalized spacial score (nSPS) is 37.0. The maximum atomic E-state index is 6.23. The van der Waals surface area contributed by atoms with Gasteiger partial charge >= 0.3 is 0 Å². The van der Waals surface area contributed by atoms with Gasteiger partial charge in [0.15, 0.2) is 0 Å². The Morgan fingerprint density at radius 2 is 2.00 bits per heavy atom. The van der Waals surface area contributed by atoms with Gasteiger partial charge in [0.05, 0.1) is 12.7 Å². The highest BCUT2D eigenvalue weighted by Crippen LogP contribution is 2.47. The molecule has 2 saturated carbocycles. The monoisotopic (exact) mass is 252 g/mol. The van der Waals surface area contributed by atoms with E-state index in [9.17, 15) is 0 Å². The predicted octanol–water partition coefficient (Wildman–Crippen LogP) is 2.15. The minimum atomic E-state index is 0.282. The molecule has 1 aliphatic heterocycles. The summed E-state index contributed by atoms with van der Waals surface area (Å²) >= 11 is 0. The quantitative estimate of drug-likeness (QED) is 0.833. The van der Waals surface area contributed by atoms with Crippen molar-refractivity contribution >= 4 is 0 Å². The third-order valence-corrected chi connectivity index (χ3v) is 5.61. The second kappa shape index (κ2) is 5.10. The smallest absolute Gasteiger partial charge is 0.0731 e. The van der Waals surface area contributed by atoms with E-state index < -0.39 is 0 Å². The lowest BCUT2D eigenvalue weighted by atomic mass is 9.81. The van der Waals surface area contributed by atoms with E-state index in [2.05, 4.69) is 11.8 Å². The van der Waals surface area contributed by atoms with Crippen molar-refractivity contribution in [2.24, 2.45) is 11.7 Å². The maximum absolute atomic E-state index is 6.23. The van der Waals surface area contributed by atoms with Gasteiger partial charge in [0.25, 0.3) is 0 Å². The minimum Gasteiger partial charge on any atom is -0.375 e. The molecule has 0 radical (unpaired) electrons. The van der Waals surface area contributed by atoms with Gasteiger partial charge in [-0.05, 0) is 38.0 Å². The Labute approximate surface area is 111 Å². The summed E-state index contributed by atoms with van der Waals surface area (Å²) < 4.78 is 6.01. The van der Waals surface area contributed by atoms with Crippen LogP contribution in [0.5, 0.6) is 0 Å². The summed E-state index contributed by atoms with van der Waals surface area (Å²) in [6, 6.07) is 0.650. The summed E-state index contributed by atoms with van der Waals surface area (Å²) in [5.74, 6) is 0.855. The first kappa shape index (κ1) is 12.9. The SMILES string of the molecule is CCC(CN)(C1CC1)N1CCOC2CCCCC21. The average molecular weight is 252 g/mol. The number of nitrogens with two attached hydrogens (primary N) is 1. The number of nitrogens with zero attached hydrogens (tertiary/aromatic N) is 1. The molecule has 0 bridgehead atoms. The van der Waals surface area contributed by atoms with Crippen LogP contribution in [0.4, 0.5) is 0 Å². The van der Waals surface area contributed by atoms with Crippen LogP contribution in [0.15, 0.2) is 0 Å². The van der Waals surface area contributed by atoms with E-state index in [4.69, 9.17) is 10.5 Å². The Bertz CT molecular complexity index is 284. The predicted molar refractivity (Wildman–Crippen MR) is 73.5 cm³/mol. The molecule has 1 heterocycles. The van der Waals surface area contributed by atoms with Crippen LogP contribution in [-0.4, -0.2) is 42.3 Å². The number of hydrogen-bond donors (Lipinski definition) is 1. The van der Waals surface area contributed by atoms with Crippen molar-refractivity contribution in [2.45, 2.75) is 69.6 Å². The van der Waals surface area contributed by atoms with Crippen LogP contribution in [0.3, 0.4) is 0 Å². The molecule has 0 aromatic rings. The highest BCUT2D eigenvalue weighted by atomic mass is 16.5. The Morgan fingerprint density at radius 1 is 1.22 bits per heavy atom. The Hall–Kier alpha value is -0.120. The molecule has 104 valence electrons. The molecule has 2 N–H and O–H groups in total. The second-order valence-electron chi connectivity index (χ2n) is 6.39. The fourth-order valence-electron chi connectivity index (χ4n) is 4.42. The molecule has 3 unspecified atom stereocenters. The van der Waals surface area contributed by atoms with Crippen LogP contribution < -0.4 is 5.73 Å². The third kappa shape index (κ3) is 2.00. The Balaban J connectivity index is 1.83. The number of hydrogen-bond acceptors (Lipinski definition) is 3. The lowest BCUT2D eigenvalue weighted by molar-refractivity contribution is -0.131. The molecular formula is C15H28N2O. The summed E-state index contributed by atoms with van der Waals surface area (Å²) in [5, 5.41) is 0. The summed E-state index contributed by atoms with van der Waals surface area (Å²) in [5.41, 5.74) is 6.51. The van der Waals surface area contributed by atoms with E-state index in [1.54, 1.807) is 0 Å². The fraction of sp³-hybridized carbons (Fsp3) is 1.00. The molecule has 0 spiro atoms.